The molecule has 0 unspecified atom stereocenters. The molecule has 1 aromatic carbocycles. The van der Waals surface area contributed by atoms with Crippen molar-refractivity contribution >= 4 is 28.5 Å². The van der Waals surface area contributed by atoms with Gasteiger partial charge in [0.05, 0.1) is 5.69 Å². The molecule has 0 saturated heterocycles. The van der Waals surface area contributed by atoms with Crippen molar-refractivity contribution in [3.8, 4) is 0 Å². The molecule has 156 valence electrons. The first-order valence-electron chi connectivity index (χ1n) is 10.1. The van der Waals surface area contributed by atoms with Gasteiger partial charge < -0.3 is 4.57 Å². The van der Waals surface area contributed by atoms with E-state index in [1.54, 1.807) is 12.4 Å². The molecular weight excluding hydrogens is 404 g/mol. The van der Waals surface area contributed by atoms with E-state index in [9.17, 15) is 4.79 Å². The molecule has 0 aliphatic rings. The van der Waals surface area contributed by atoms with Gasteiger partial charge >= 0.3 is 0 Å². The molecule has 31 heavy (non-hydrogen) atoms. The van der Waals surface area contributed by atoms with Crippen molar-refractivity contribution in [2.24, 2.45) is 0 Å². The van der Waals surface area contributed by atoms with Gasteiger partial charge in [0.1, 0.15) is 5.69 Å². The van der Waals surface area contributed by atoms with E-state index in [4.69, 9.17) is 0 Å². The van der Waals surface area contributed by atoms with Gasteiger partial charge in [0.2, 0.25) is 0 Å². The predicted molar refractivity (Wildman–Crippen MR) is 126 cm³/mol. The van der Waals surface area contributed by atoms with E-state index >= 15 is 0 Å². The van der Waals surface area contributed by atoms with Crippen molar-refractivity contribution in [1.29, 1.82) is 0 Å². The molecule has 0 saturated carbocycles. The highest BCUT2D eigenvalue weighted by Crippen LogP contribution is 2.29. The summed E-state index contributed by atoms with van der Waals surface area (Å²) in [6.07, 6.45) is 9.65. The van der Waals surface area contributed by atoms with Crippen molar-refractivity contribution in [3.63, 3.8) is 0 Å². The minimum absolute atomic E-state index is 0.169. The van der Waals surface area contributed by atoms with Crippen LogP contribution in [0.4, 0.5) is 5.13 Å². The van der Waals surface area contributed by atoms with Crippen LogP contribution in [0.15, 0.2) is 84.6 Å². The molecule has 0 radical (unpaired) electrons. The van der Waals surface area contributed by atoms with Crippen LogP contribution in [0.1, 0.15) is 41.2 Å². The minimum atomic E-state index is -0.253. The summed E-state index contributed by atoms with van der Waals surface area (Å²) in [6, 6.07) is 17.8. The maximum absolute atomic E-state index is 12.9. The summed E-state index contributed by atoms with van der Waals surface area (Å²) in [5, 5.41) is 5.54. The van der Waals surface area contributed by atoms with Gasteiger partial charge in [0.25, 0.3) is 5.91 Å². The number of rotatable bonds is 7. The molecule has 0 aliphatic heterocycles. The maximum Gasteiger partial charge on any atom is 0.274 e. The zero-order valence-corrected chi connectivity index (χ0v) is 18.3. The quantitative estimate of drug-likeness (QED) is 0.415. The summed E-state index contributed by atoms with van der Waals surface area (Å²) in [5.41, 5.74) is 3.50. The Balaban J connectivity index is 1.45. The molecule has 0 aliphatic carbocycles. The number of anilines is 1. The lowest BCUT2D eigenvalue weighted by Crippen LogP contribution is -2.18. The fourth-order valence-electron chi connectivity index (χ4n) is 3.19. The fourth-order valence-corrected chi connectivity index (χ4v) is 4.07. The summed E-state index contributed by atoms with van der Waals surface area (Å²) >= 11 is 1.44. The summed E-state index contributed by atoms with van der Waals surface area (Å²) in [7, 11) is 0. The number of thiazole rings is 1. The van der Waals surface area contributed by atoms with Crippen molar-refractivity contribution in [3.05, 3.63) is 107 Å². The molecule has 4 rings (SSSR count). The van der Waals surface area contributed by atoms with E-state index in [1.165, 1.54) is 11.3 Å². The second-order valence-corrected chi connectivity index (χ2v) is 8.69. The number of carbonyl (C=O) groups excluding carboxylic acids is 1. The molecular formula is C25H24N4OS. The van der Waals surface area contributed by atoms with E-state index in [0.29, 0.717) is 17.4 Å². The van der Waals surface area contributed by atoms with Gasteiger partial charge in [-0.3, -0.25) is 15.1 Å². The summed E-state index contributed by atoms with van der Waals surface area (Å²) in [4.78, 5) is 21.6. The van der Waals surface area contributed by atoms with Crippen LogP contribution in [-0.2, 0) is 12.0 Å². The van der Waals surface area contributed by atoms with E-state index in [0.717, 1.165) is 16.8 Å². The Morgan fingerprint density at radius 1 is 1.10 bits per heavy atom. The Labute approximate surface area is 186 Å². The number of aromatic nitrogens is 3. The SMILES string of the molecule is CC(C)(C=Cc1ccccc1)c1csc(NC(=O)c2cccn2Cc2ccncc2)n1. The first kappa shape index (κ1) is 20.8. The third-order valence-corrected chi connectivity index (χ3v) is 5.80. The number of allylic oxidation sites excluding steroid dienone is 1. The Bertz CT molecular complexity index is 1180. The Morgan fingerprint density at radius 2 is 1.87 bits per heavy atom. The van der Waals surface area contributed by atoms with Gasteiger partial charge in [0, 0.05) is 35.9 Å². The van der Waals surface area contributed by atoms with Crippen molar-refractivity contribution in [2.75, 3.05) is 5.32 Å². The number of hydrogen-bond acceptors (Lipinski definition) is 4. The zero-order valence-electron chi connectivity index (χ0n) is 17.5. The van der Waals surface area contributed by atoms with E-state index < -0.39 is 0 Å². The topological polar surface area (TPSA) is 59.8 Å². The zero-order chi connectivity index (χ0) is 21.7. The van der Waals surface area contributed by atoms with Crippen LogP contribution in [0.2, 0.25) is 0 Å². The standard InChI is InChI=1S/C25H24N4OS/c1-25(2,13-10-19-7-4-3-5-8-19)22-18-31-24(27-22)28-23(30)21-9-6-16-29(21)17-20-11-14-26-15-12-20/h3-16,18H,17H2,1-2H3,(H,27,28,30). The third kappa shape index (κ3) is 5.16. The second-order valence-electron chi connectivity index (χ2n) is 7.83. The minimum Gasteiger partial charge on any atom is -0.339 e. The summed E-state index contributed by atoms with van der Waals surface area (Å²) in [5.74, 6) is -0.169. The fraction of sp³-hybridized carbons (Fsp3) is 0.160. The molecule has 1 N–H and O–H groups in total. The third-order valence-electron chi connectivity index (χ3n) is 5.04. The van der Waals surface area contributed by atoms with Gasteiger partial charge in [-0.1, -0.05) is 56.3 Å². The van der Waals surface area contributed by atoms with Gasteiger partial charge in [-0.25, -0.2) is 4.98 Å². The van der Waals surface area contributed by atoms with E-state index in [-0.39, 0.29) is 11.3 Å². The number of benzene rings is 1. The van der Waals surface area contributed by atoms with Crippen LogP contribution < -0.4 is 5.32 Å². The highest BCUT2D eigenvalue weighted by Gasteiger charge is 2.21. The molecule has 0 spiro atoms. The van der Waals surface area contributed by atoms with Gasteiger partial charge in [-0.05, 0) is 35.4 Å². The summed E-state index contributed by atoms with van der Waals surface area (Å²) in [6.45, 7) is 4.85. The molecule has 0 bridgehead atoms. The lowest BCUT2D eigenvalue weighted by Gasteiger charge is -2.17. The number of carbonyl (C=O) groups is 1. The molecule has 4 aromatic rings. The predicted octanol–water partition coefficient (Wildman–Crippen LogP) is 5.63. The first-order valence-corrected chi connectivity index (χ1v) is 10.9. The second kappa shape index (κ2) is 9.10. The van der Waals surface area contributed by atoms with Crippen LogP contribution in [-0.4, -0.2) is 20.4 Å². The monoisotopic (exact) mass is 428 g/mol. The lowest BCUT2D eigenvalue weighted by atomic mass is 9.89. The molecule has 5 nitrogen and oxygen atoms in total. The molecule has 3 aromatic heterocycles. The molecule has 3 heterocycles. The molecule has 0 fully saturated rings. The number of pyridine rings is 1. The smallest absolute Gasteiger partial charge is 0.274 e. The van der Waals surface area contributed by atoms with Crippen LogP contribution in [0.5, 0.6) is 0 Å². The van der Waals surface area contributed by atoms with Crippen molar-refractivity contribution in [2.45, 2.75) is 25.8 Å². The van der Waals surface area contributed by atoms with E-state index in [1.807, 2.05) is 58.6 Å². The first-order chi connectivity index (χ1) is 15.0. The summed E-state index contributed by atoms with van der Waals surface area (Å²) < 4.78 is 1.92. The average Bonchev–Trinajstić information content (AvgIpc) is 3.44. The molecule has 1 amide bonds. The number of hydrogen-bond donors (Lipinski definition) is 1. The van der Waals surface area contributed by atoms with Crippen LogP contribution in [0.25, 0.3) is 6.08 Å². The van der Waals surface area contributed by atoms with Gasteiger partial charge in [-0.2, -0.15) is 0 Å². The molecule has 0 atom stereocenters. The Kier molecular flexibility index (Phi) is 6.09. The van der Waals surface area contributed by atoms with Gasteiger partial charge in [-0.15, -0.1) is 11.3 Å². The number of amides is 1. The molecule has 6 heteroatoms. The van der Waals surface area contributed by atoms with Crippen LogP contribution in [0, 0.1) is 0 Å². The lowest BCUT2D eigenvalue weighted by molar-refractivity contribution is 0.101. The van der Waals surface area contributed by atoms with Crippen molar-refractivity contribution < 1.29 is 4.79 Å². The highest BCUT2D eigenvalue weighted by molar-refractivity contribution is 7.14. The number of nitrogens with one attached hydrogen (secondary N) is 1. The van der Waals surface area contributed by atoms with Crippen LogP contribution >= 0.6 is 11.3 Å². The Hall–Kier alpha value is -3.51. The average molecular weight is 429 g/mol. The highest BCUT2D eigenvalue weighted by atomic mass is 32.1. The van der Waals surface area contributed by atoms with Crippen molar-refractivity contribution in [1.82, 2.24) is 14.5 Å². The maximum atomic E-state index is 12.9. The van der Waals surface area contributed by atoms with Crippen LogP contribution in [0.3, 0.4) is 0 Å². The Morgan fingerprint density at radius 3 is 2.65 bits per heavy atom. The van der Waals surface area contributed by atoms with Gasteiger partial charge in [0.15, 0.2) is 5.13 Å². The largest absolute Gasteiger partial charge is 0.339 e. The normalized spacial score (nSPS) is 11.7. The number of nitrogens with zero attached hydrogens (tertiary/aromatic N) is 3. The van der Waals surface area contributed by atoms with E-state index in [2.05, 4.69) is 53.4 Å².